The van der Waals surface area contributed by atoms with Crippen molar-refractivity contribution in [3.63, 3.8) is 0 Å². The molecule has 4 heteroatoms. The Morgan fingerprint density at radius 2 is 0.925 bits per heavy atom. The van der Waals surface area contributed by atoms with Gasteiger partial charge in [-0.2, -0.15) is 0 Å². The second-order valence-electron chi connectivity index (χ2n) is 14.8. The van der Waals surface area contributed by atoms with Crippen LogP contribution >= 0.6 is 0 Å². The van der Waals surface area contributed by atoms with Gasteiger partial charge in [-0.25, -0.2) is 9.48 Å². The van der Waals surface area contributed by atoms with Crippen LogP contribution in [0.1, 0.15) is 44.5 Å². The van der Waals surface area contributed by atoms with Gasteiger partial charge in [-0.05, 0) is 131 Å². The van der Waals surface area contributed by atoms with E-state index in [0.29, 0.717) is 0 Å². The number of hydrogen-bond acceptors (Lipinski definition) is 3. The van der Waals surface area contributed by atoms with Crippen LogP contribution < -0.4 is 14.4 Å². The fourth-order valence-electron chi connectivity index (χ4n) is 8.70. The number of anilines is 1. The first-order valence-corrected chi connectivity index (χ1v) is 19.3. The number of hydrogen-bond donors (Lipinski definition) is 0. The van der Waals surface area contributed by atoms with Crippen LogP contribution in [0.3, 0.4) is 0 Å². The largest absolute Gasteiger partial charge is 0.496 e. The minimum Gasteiger partial charge on any atom is -0.496 e. The van der Waals surface area contributed by atoms with Gasteiger partial charge in [0.2, 0.25) is 6.34 Å². The lowest BCUT2D eigenvalue weighted by Gasteiger charge is -2.19. The van der Waals surface area contributed by atoms with Gasteiger partial charge >= 0.3 is 0 Å². The van der Waals surface area contributed by atoms with Crippen molar-refractivity contribution in [3.05, 3.63) is 166 Å². The van der Waals surface area contributed by atoms with Crippen molar-refractivity contribution in [2.24, 2.45) is 0 Å². The minimum absolute atomic E-state index is 0.934. The van der Waals surface area contributed by atoms with E-state index in [0.717, 1.165) is 76.0 Å². The number of para-hydroxylation sites is 2. The normalized spacial score (nSPS) is 15.1. The molecule has 8 bridgehead atoms. The third-order valence-corrected chi connectivity index (χ3v) is 11.7. The third kappa shape index (κ3) is 6.63. The molecule has 53 heavy (non-hydrogen) atoms. The second kappa shape index (κ2) is 14.4. The maximum absolute atomic E-state index is 5.82. The number of benzene rings is 6. The van der Waals surface area contributed by atoms with Crippen molar-refractivity contribution in [2.45, 2.75) is 51.4 Å². The van der Waals surface area contributed by atoms with E-state index in [2.05, 4.69) is 137 Å². The maximum Gasteiger partial charge on any atom is 0.244 e. The van der Waals surface area contributed by atoms with Crippen LogP contribution in [0, 0.1) is 0 Å². The molecular formula is C49H47N2O2+. The minimum atomic E-state index is 0.934. The summed E-state index contributed by atoms with van der Waals surface area (Å²) in [5.41, 5.74) is 18.8. The molecule has 9 aliphatic rings. The summed E-state index contributed by atoms with van der Waals surface area (Å²) in [6.45, 7) is 1.94. The van der Waals surface area contributed by atoms with Crippen LogP contribution in [0.15, 0.2) is 121 Å². The Kier molecular flexibility index (Phi) is 9.05. The van der Waals surface area contributed by atoms with Crippen LogP contribution in [0.2, 0.25) is 0 Å². The first-order chi connectivity index (χ1) is 26.1. The molecule has 0 unspecified atom stereocenters. The topological polar surface area (TPSA) is 24.7 Å². The van der Waals surface area contributed by atoms with Crippen molar-refractivity contribution >= 4 is 17.7 Å². The van der Waals surface area contributed by atoms with E-state index in [9.17, 15) is 0 Å². The molecule has 8 aliphatic carbocycles. The molecule has 0 atom stereocenters. The fraction of sp³-hybridized carbons (Fsp3) is 0.245. The van der Waals surface area contributed by atoms with E-state index in [4.69, 9.17) is 9.47 Å². The van der Waals surface area contributed by atoms with Gasteiger partial charge in [0.25, 0.3) is 0 Å². The summed E-state index contributed by atoms with van der Waals surface area (Å²) in [7, 11) is 3.55. The van der Waals surface area contributed by atoms with Crippen LogP contribution in [0.4, 0.5) is 11.4 Å². The molecule has 0 saturated carbocycles. The van der Waals surface area contributed by atoms with Crippen LogP contribution in [-0.2, 0) is 51.4 Å². The lowest BCUT2D eigenvalue weighted by molar-refractivity contribution is -0.424. The maximum atomic E-state index is 5.82. The van der Waals surface area contributed by atoms with Crippen molar-refractivity contribution < 1.29 is 14.0 Å². The molecule has 4 nitrogen and oxygen atoms in total. The highest BCUT2D eigenvalue weighted by molar-refractivity contribution is 5.81. The van der Waals surface area contributed by atoms with Gasteiger partial charge in [-0.3, -0.25) is 0 Å². The van der Waals surface area contributed by atoms with Crippen molar-refractivity contribution in [3.8, 4) is 33.8 Å². The van der Waals surface area contributed by atoms with Crippen molar-refractivity contribution in [1.29, 1.82) is 0 Å². The lowest BCUT2D eigenvalue weighted by Crippen LogP contribution is -2.20. The van der Waals surface area contributed by atoms with Gasteiger partial charge in [-0.15, -0.1) is 0 Å². The Labute approximate surface area is 314 Å². The molecule has 0 saturated heterocycles. The molecular weight excluding hydrogens is 649 g/mol. The van der Waals surface area contributed by atoms with E-state index in [1.165, 1.54) is 78.1 Å². The molecule has 0 fully saturated rings. The molecule has 0 spiro atoms. The summed E-state index contributed by atoms with van der Waals surface area (Å²) in [6.07, 6.45) is 10.3. The zero-order valence-corrected chi connectivity index (χ0v) is 30.9. The summed E-state index contributed by atoms with van der Waals surface area (Å²) in [5.74, 6) is 1.87. The van der Waals surface area contributed by atoms with E-state index < -0.39 is 0 Å². The summed E-state index contributed by atoms with van der Waals surface area (Å²) in [4.78, 5) is 2.52. The predicted octanol–water partition coefficient (Wildman–Crippen LogP) is 10.00. The molecule has 0 N–H and O–H groups in total. The monoisotopic (exact) mass is 695 g/mol. The van der Waals surface area contributed by atoms with Gasteiger partial charge in [-0.1, -0.05) is 97.1 Å². The molecule has 0 aromatic heterocycles. The molecule has 15 rings (SSSR count). The number of rotatable bonds is 6. The van der Waals surface area contributed by atoms with Crippen LogP contribution in [0.5, 0.6) is 11.5 Å². The Hall–Kier alpha value is -5.61. The average Bonchev–Trinajstić information content (AvgIpc) is 3.69. The lowest BCUT2D eigenvalue weighted by atomic mass is 9.89. The quantitative estimate of drug-likeness (QED) is 0.162. The van der Waals surface area contributed by atoms with Gasteiger partial charge in [0.05, 0.1) is 14.2 Å². The standard InChI is InChI=1S/C49H47N2O2/c1-52-48-9-5-3-7-42(48)44-29-34-11-13-36-17-21-40(25-23-38(44)19-15-34)46(31-36)50-27-28-51(33-50)47-32-37-14-12-35-16-20-39(24-26-41(47)22-18-37)45(30-35)43-8-4-6-10-49(43)53-2/h3-10,15-22,29-33H,11-14,23-28H2,1-2H3/q+1. The number of ether oxygens (including phenoxy) is 2. The van der Waals surface area contributed by atoms with E-state index in [1.54, 1.807) is 14.2 Å². The first kappa shape index (κ1) is 33.2. The Morgan fingerprint density at radius 3 is 1.51 bits per heavy atom. The zero-order chi connectivity index (χ0) is 35.7. The molecule has 1 aliphatic heterocycles. The summed E-state index contributed by atoms with van der Waals surface area (Å²) in [6, 6.07) is 45.5. The Balaban J connectivity index is 1.03. The van der Waals surface area contributed by atoms with Gasteiger partial charge in [0.15, 0.2) is 0 Å². The highest BCUT2D eigenvalue weighted by Crippen LogP contribution is 2.37. The molecule has 6 aromatic rings. The molecule has 264 valence electrons. The Morgan fingerprint density at radius 1 is 0.453 bits per heavy atom. The molecule has 0 radical (unpaired) electrons. The van der Waals surface area contributed by atoms with Crippen LogP contribution in [0.25, 0.3) is 22.3 Å². The number of nitrogens with zero attached hydrogens (tertiary/aromatic N) is 2. The average molecular weight is 696 g/mol. The van der Waals surface area contributed by atoms with Gasteiger partial charge in [0.1, 0.15) is 36.0 Å². The van der Waals surface area contributed by atoms with E-state index >= 15 is 0 Å². The molecule has 6 aromatic carbocycles. The fourth-order valence-corrected chi connectivity index (χ4v) is 8.70. The summed E-state index contributed by atoms with van der Waals surface area (Å²) >= 11 is 0. The second-order valence-corrected chi connectivity index (χ2v) is 14.8. The molecule has 0 amide bonds. The highest BCUT2D eigenvalue weighted by Gasteiger charge is 2.28. The Bertz CT molecular complexity index is 2350. The van der Waals surface area contributed by atoms with Gasteiger partial charge < -0.3 is 9.47 Å². The zero-order valence-electron chi connectivity index (χ0n) is 30.9. The van der Waals surface area contributed by atoms with E-state index in [1.807, 2.05) is 0 Å². The highest BCUT2D eigenvalue weighted by atomic mass is 16.5. The summed E-state index contributed by atoms with van der Waals surface area (Å²) < 4.78 is 14.2. The van der Waals surface area contributed by atoms with E-state index in [-0.39, 0.29) is 0 Å². The van der Waals surface area contributed by atoms with Crippen molar-refractivity contribution in [1.82, 2.24) is 0 Å². The smallest absolute Gasteiger partial charge is 0.244 e. The van der Waals surface area contributed by atoms with Gasteiger partial charge in [0, 0.05) is 11.1 Å². The first-order valence-electron chi connectivity index (χ1n) is 19.3. The number of aryl methyl sites for hydroxylation is 8. The predicted molar refractivity (Wildman–Crippen MR) is 218 cm³/mol. The molecule has 1 heterocycles. The summed E-state index contributed by atoms with van der Waals surface area (Å²) in [5, 5.41) is 0. The van der Waals surface area contributed by atoms with Crippen molar-refractivity contribution in [2.75, 3.05) is 32.2 Å². The van der Waals surface area contributed by atoms with Crippen LogP contribution in [-0.4, -0.2) is 38.2 Å². The third-order valence-electron chi connectivity index (χ3n) is 11.7. The number of methoxy groups -OCH3 is 2. The SMILES string of the molecule is COc1ccccc1-c1cc2ccc1CCc1ccc(cc1N1C=[N+](c3cc4ccc3CCc3ccc(cc3-c3ccccc3OC)CC4)CC1)CC2.